The maximum absolute atomic E-state index is 13.7. The van der Waals surface area contributed by atoms with Gasteiger partial charge < -0.3 is 5.32 Å². The molecule has 0 saturated heterocycles. The lowest BCUT2D eigenvalue weighted by atomic mass is 9.86. The fourth-order valence-corrected chi connectivity index (χ4v) is 2.84. The summed E-state index contributed by atoms with van der Waals surface area (Å²) >= 11 is 2.18. The summed E-state index contributed by atoms with van der Waals surface area (Å²) < 4.78 is 14.7. The van der Waals surface area contributed by atoms with Crippen LogP contribution in [0.3, 0.4) is 0 Å². The van der Waals surface area contributed by atoms with Crippen molar-refractivity contribution in [2.45, 2.75) is 26.2 Å². The van der Waals surface area contributed by atoms with Crippen LogP contribution in [0.15, 0.2) is 12.1 Å². The quantitative estimate of drug-likeness (QED) is 0.779. The molecule has 1 rings (SSSR count). The molecule has 14 heavy (non-hydrogen) atoms. The molecule has 0 unspecified atom stereocenters. The number of hydrogen-bond acceptors (Lipinski definition) is 1. The summed E-state index contributed by atoms with van der Waals surface area (Å²) in [7, 11) is 1.79. The molecule has 0 radical (unpaired) electrons. The molecule has 0 amide bonds. The highest BCUT2D eigenvalue weighted by molar-refractivity contribution is 14.1. The van der Waals surface area contributed by atoms with Gasteiger partial charge in [0.25, 0.3) is 0 Å². The van der Waals surface area contributed by atoms with Crippen LogP contribution in [-0.4, -0.2) is 7.05 Å². The van der Waals surface area contributed by atoms with Gasteiger partial charge >= 0.3 is 0 Å². The Hall–Kier alpha value is -0.320. The Kier molecular flexibility index (Phi) is 3.40. The van der Waals surface area contributed by atoms with E-state index in [-0.39, 0.29) is 11.2 Å². The van der Waals surface area contributed by atoms with Crippen LogP contribution in [0.1, 0.15) is 26.3 Å². The minimum atomic E-state index is -0.146. The van der Waals surface area contributed by atoms with Gasteiger partial charge in [-0.05, 0) is 40.1 Å². The van der Waals surface area contributed by atoms with Gasteiger partial charge in [-0.3, -0.25) is 0 Å². The second-order valence-corrected chi connectivity index (χ2v) is 5.48. The number of nitrogens with one attached hydrogen (secondary N) is 1. The molecule has 0 aliphatic carbocycles. The third kappa shape index (κ3) is 2.38. The van der Waals surface area contributed by atoms with Crippen molar-refractivity contribution in [2.75, 3.05) is 12.4 Å². The zero-order valence-corrected chi connectivity index (χ0v) is 11.1. The van der Waals surface area contributed by atoms with Gasteiger partial charge in [-0.2, -0.15) is 0 Å². The van der Waals surface area contributed by atoms with Crippen LogP contribution < -0.4 is 5.32 Å². The van der Waals surface area contributed by atoms with E-state index < -0.39 is 0 Å². The molecule has 1 aromatic rings. The molecule has 0 aliphatic heterocycles. The van der Waals surface area contributed by atoms with Crippen LogP contribution >= 0.6 is 22.6 Å². The van der Waals surface area contributed by atoms with Gasteiger partial charge in [0.05, 0.1) is 0 Å². The predicted molar refractivity (Wildman–Crippen MR) is 67.4 cm³/mol. The summed E-state index contributed by atoms with van der Waals surface area (Å²) in [5.74, 6) is -0.131. The Balaban J connectivity index is 3.33. The average Bonchev–Trinajstić information content (AvgIpc) is 1.99. The first-order chi connectivity index (χ1) is 6.36. The summed E-state index contributed by atoms with van der Waals surface area (Å²) in [6.07, 6.45) is 0. The van der Waals surface area contributed by atoms with Gasteiger partial charge in [-0.1, -0.05) is 20.8 Å². The van der Waals surface area contributed by atoms with Crippen molar-refractivity contribution in [2.24, 2.45) is 0 Å². The molecule has 0 aliphatic rings. The number of rotatable bonds is 1. The van der Waals surface area contributed by atoms with E-state index in [1.165, 1.54) is 0 Å². The highest BCUT2D eigenvalue weighted by atomic mass is 127. The predicted octanol–water partition coefficient (Wildman–Crippen LogP) is 3.77. The fraction of sp³-hybridized carbons (Fsp3) is 0.455. The van der Waals surface area contributed by atoms with Crippen molar-refractivity contribution < 1.29 is 4.39 Å². The van der Waals surface area contributed by atoms with Crippen LogP contribution in [0.25, 0.3) is 0 Å². The molecular formula is C11H15FIN. The van der Waals surface area contributed by atoms with E-state index >= 15 is 0 Å². The first-order valence-electron chi connectivity index (χ1n) is 4.53. The lowest BCUT2D eigenvalue weighted by molar-refractivity contribution is 0.520. The summed E-state index contributed by atoms with van der Waals surface area (Å²) in [4.78, 5) is 0. The van der Waals surface area contributed by atoms with Gasteiger partial charge in [0.2, 0.25) is 0 Å². The lowest BCUT2D eigenvalue weighted by Crippen LogP contribution is -2.16. The Morgan fingerprint density at radius 2 is 1.86 bits per heavy atom. The molecule has 78 valence electrons. The smallest absolute Gasteiger partial charge is 0.130 e. The van der Waals surface area contributed by atoms with Gasteiger partial charge in [0.1, 0.15) is 5.82 Å². The molecule has 0 atom stereocenters. The number of anilines is 1. The van der Waals surface area contributed by atoms with Crippen LogP contribution in [0.2, 0.25) is 0 Å². The van der Waals surface area contributed by atoms with E-state index in [2.05, 4.69) is 27.9 Å². The Bertz CT molecular complexity index is 319. The Labute approximate surface area is 98.2 Å². The van der Waals surface area contributed by atoms with Crippen molar-refractivity contribution in [3.63, 3.8) is 0 Å². The second kappa shape index (κ2) is 4.04. The molecule has 0 aromatic heterocycles. The highest BCUT2D eigenvalue weighted by Gasteiger charge is 2.21. The van der Waals surface area contributed by atoms with E-state index in [0.29, 0.717) is 0 Å². The van der Waals surface area contributed by atoms with Crippen LogP contribution in [0, 0.1) is 9.39 Å². The third-order valence-electron chi connectivity index (χ3n) is 2.08. The number of benzene rings is 1. The molecule has 0 bridgehead atoms. The fourth-order valence-electron chi connectivity index (χ4n) is 1.43. The van der Waals surface area contributed by atoms with E-state index in [1.54, 1.807) is 13.1 Å². The van der Waals surface area contributed by atoms with Gasteiger partial charge in [0, 0.05) is 21.9 Å². The SMILES string of the molecule is CNc1cc(F)c(C(C)(C)C)c(I)c1. The van der Waals surface area contributed by atoms with E-state index in [0.717, 1.165) is 14.8 Å². The number of hydrogen-bond donors (Lipinski definition) is 1. The number of halogens is 2. The van der Waals surface area contributed by atoms with E-state index in [1.807, 2.05) is 26.8 Å². The second-order valence-electron chi connectivity index (χ2n) is 4.31. The summed E-state index contributed by atoms with van der Waals surface area (Å²) in [5.41, 5.74) is 1.46. The van der Waals surface area contributed by atoms with Crippen LogP contribution in [0.5, 0.6) is 0 Å². The minimum absolute atomic E-state index is 0.131. The van der Waals surface area contributed by atoms with Crippen molar-refractivity contribution in [3.8, 4) is 0 Å². The molecule has 3 heteroatoms. The largest absolute Gasteiger partial charge is 0.388 e. The standard InChI is InChI=1S/C11H15FIN/c1-11(2,3)10-8(12)5-7(14-4)6-9(10)13/h5-6,14H,1-4H3. The molecule has 0 fully saturated rings. The lowest BCUT2D eigenvalue weighted by Gasteiger charge is -2.22. The third-order valence-corrected chi connectivity index (χ3v) is 2.93. The first-order valence-corrected chi connectivity index (χ1v) is 5.61. The minimum Gasteiger partial charge on any atom is -0.388 e. The Morgan fingerprint density at radius 3 is 2.21 bits per heavy atom. The van der Waals surface area contributed by atoms with Crippen LogP contribution in [-0.2, 0) is 5.41 Å². The molecule has 0 saturated carbocycles. The zero-order valence-electron chi connectivity index (χ0n) is 8.91. The van der Waals surface area contributed by atoms with Crippen molar-refractivity contribution in [1.82, 2.24) is 0 Å². The summed E-state index contributed by atoms with van der Waals surface area (Å²) in [6.45, 7) is 6.06. The summed E-state index contributed by atoms with van der Waals surface area (Å²) in [6, 6.07) is 3.51. The van der Waals surface area contributed by atoms with E-state index in [9.17, 15) is 4.39 Å². The first kappa shape index (κ1) is 11.8. The summed E-state index contributed by atoms with van der Waals surface area (Å²) in [5, 5.41) is 2.94. The van der Waals surface area contributed by atoms with Gasteiger partial charge in [-0.15, -0.1) is 0 Å². The van der Waals surface area contributed by atoms with Crippen molar-refractivity contribution >= 4 is 28.3 Å². The molecule has 0 heterocycles. The van der Waals surface area contributed by atoms with Crippen LogP contribution in [0.4, 0.5) is 10.1 Å². The zero-order chi connectivity index (χ0) is 10.9. The van der Waals surface area contributed by atoms with Crippen molar-refractivity contribution in [3.05, 3.63) is 27.1 Å². The molecule has 1 nitrogen and oxygen atoms in total. The van der Waals surface area contributed by atoms with E-state index in [4.69, 9.17) is 0 Å². The van der Waals surface area contributed by atoms with Gasteiger partial charge in [-0.25, -0.2) is 4.39 Å². The Morgan fingerprint density at radius 1 is 1.29 bits per heavy atom. The molecular weight excluding hydrogens is 292 g/mol. The maximum atomic E-state index is 13.7. The topological polar surface area (TPSA) is 12.0 Å². The van der Waals surface area contributed by atoms with Gasteiger partial charge in [0.15, 0.2) is 0 Å². The molecule has 0 spiro atoms. The molecule has 1 N–H and O–H groups in total. The maximum Gasteiger partial charge on any atom is 0.130 e. The van der Waals surface area contributed by atoms with Crippen molar-refractivity contribution in [1.29, 1.82) is 0 Å². The molecule has 1 aromatic carbocycles. The average molecular weight is 307 g/mol. The normalized spacial score (nSPS) is 11.6. The monoisotopic (exact) mass is 307 g/mol. The highest BCUT2D eigenvalue weighted by Crippen LogP contribution is 2.31.